The average molecular weight is 333 g/mol. The summed E-state index contributed by atoms with van der Waals surface area (Å²) >= 11 is 0. The number of carbonyl (C=O) groups excluding carboxylic acids is 1. The van der Waals surface area contributed by atoms with Crippen LogP contribution in [-0.4, -0.2) is 54.7 Å². The minimum Gasteiger partial charge on any atom is -0.365 e. The normalized spacial score (nSPS) is 16.4. The first kappa shape index (κ1) is 15.8. The van der Waals surface area contributed by atoms with Crippen molar-refractivity contribution in [3.8, 4) is 0 Å². The average Bonchev–Trinajstić information content (AvgIpc) is 3.09. The number of benzene rings is 1. The van der Waals surface area contributed by atoms with E-state index in [-0.39, 0.29) is 5.91 Å². The van der Waals surface area contributed by atoms with Crippen LogP contribution in [0.25, 0.3) is 0 Å². The zero-order chi connectivity index (χ0) is 16.3. The van der Waals surface area contributed by atoms with E-state index in [9.17, 15) is 13.2 Å². The van der Waals surface area contributed by atoms with Crippen LogP contribution in [0.4, 0.5) is 0 Å². The lowest BCUT2D eigenvalue weighted by molar-refractivity contribution is -0.131. The molecule has 7 heteroatoms. The fraction of sp³-hybridized carbons (Fsp3) is 0.312. The van der Waals surface area contributed by atoms with Crippen LogP contribution in [0.5, 0.6) is 0 Å². The molecule has 3 rings (SSSR count). The van der Waals surface area contributed by atoms with Gasteiger partial charge in [0.25, 0.3) is 0 Å². The minimum absolute atomic E-state index is 0.0178. The van der Waals surface area contributed by atoms with Crippen molar-refractivity contribution < 1.29 is 13.2 Å². The third kappa shape index (κ3) is 3.46. The number of nitrogens with one attached hydrogen (secondary N) is 1. The summed E-state index contributed by atoms with van der Waals surface area (Å²) in [6.45, 7) is 1.50. The predicted octanol–water partition coefficient (Wildman–Crippen LogP) is 1.09. The second-order valence-electron chi connectivity index (χ2n) is 5.47. The number of sulfonamides is 1. The summed E-state index contributed by atoms with van der Waals surface area (Å²) in [4.78, 5) is 17.3. The molecule has 1 aliphatic heterocycles. The highest BCUT2D eigenvalue weighted by molar-refractivity contribution is 7.89. The highest BCUT2D eigenvalue weighted by Crippen LogP contribution is 2.17. The Morgan fingerprint density at radius 3 is 2.30 bits per heavy atom. The highest BCUT2D eigenvalue weighted by atomic mass is 32.2. The quantitative estimate of drug-likeness (QED) is 0.910. The number of amides is 1. The number of nitrogens with zero attached hydrogens (tertiary/aromatic N) is 2. The van der Waals surface area contributed by atoms with Crippen molar-refractivity contribution in [3.63, 3.8) is 0 Å². The van der Waals surface area contributed by atoms with Gasteiger partial charge in [-0.1, -0.05) is 18.2 Å². The van der Waals surface area contributed by atoms with Gasteiger partial charge in [-0.05, 0) is 24.3 Å². The number of carbonyl (C=O) groups is 1. The molecule has 1 N–H and O–H groups in total. The summed E-state index contributed by atoms with van der Waals surface area (Å²) in [6, 6.07) is 12.1. The molecule has 1 fully saturated rings. The molecule has 6 nitrogen and oxygen atoms in total. The maximum atomic E-state index is 12.5. The van der Waals surface area contributed by atoms with E-state index in [1.807, 2.05) is 12.1 Å². The van der Waals surface area contributed by atoms with Crippen LogP contribution in [0.2, 0.25) is 0 Å². The molecule has 1 aromatic carbocycles. The second kappa shape index (κ2) is 6.55. The van der Waals surface area contributed by atoms with E-state index in [1.54, 1.807) is 41.4 Å². The number of aromatic nitrogens is 1. The molecule has 1 aromatic heterocycles. The lowest BCUT2D eigenvalue weighted by Crippen LogP contribution is -2.50. The van der Waals surface area contributed by atoms with Gasteiger partial charge >= 0.3 is 0 Å². The maximum Gasteiger partial charge on any atom is 0.243 e. The van der Waals surface area contributed by atoms with Crippen molar-refractivity contribution >= 4 is 15.9 Å². The monoisotopic (exact) mass is 333 g/mol. The Bertz CT molecular complexity index is 749. The molecule has 1 amide bonds. The predicted molar refractivity (Wildman–Crippen MR) is 86.3 cm³/mol. The van der Waals surface area contributed by atoms with Crippen molar-refractivity contribution in [2.75, 3.05) is 26.2 Å². The first-order valence-electron chi connectivity index (χ1n) is 7.52. The smallest absolute Gasteiger partial charge is 0.243 e. The van der Waals surface area contributed by atoms with E-state index in [4.69, 9.17) is 0 Å². The molecular weight excluding hydrogens is 314 g/mol. The molecule has 23 heavy (non-hydrogen) atoms. The van der Waals surface area contributed by atoms with Crippen molar-refractivity contribution in [1.29, 1.82) is 0 Å². The van der Waals surface area contributed by atoms with Gasteiger partial charge in [0.05, 0.1) is 11.3 Å². The lowest BCUT2D eigenvalue weighted by atomic mass is 10.2. The van der Waals surface area contributed by atoms with Crippen LogP contribution in [0.3, 0.4) is 0 Å². The molecule has 1 saturated heterocycles. The molecule has 122 valence electrons. The van der Waals surface area contributed by atoms with Gasteiger partial charge in [0.1, 0.15) is 0 Å². The summed E-state index contributed by atoms with van der Waals surface area (Å²) in [5.74, 6) is 0.0178. The lowest BCUT2D eigenvalue weighted by Gasteiger charge is -2.34. The molecule has 0 radical (unpaired) electrons. The van der Waals surface area contributed by atoms with Gasteiger partial charge in [-0.15, -0.1) is 0 Å². The van der Waals surface area contributed by atoms with Crippen LogP contribution >= 0.6 is 0 Å². The minimum atomic E-state index is -3.47. The molecule has 2 heterocycles. The number of rotatable bonds is 4. The summed E-state index contributed by atoms with van der Waals surface area (Å²) in [5.41, 5.74) is 0.870. The molecule has 1 aliphatic rings. The Morgan fingerprint density at radius 2 is 1.70 bits per heavy atom. The van der Waals surface area contributed by atoms with E-state index in [2.05, 4.69) is 4.98 Å². The maximum absolute atomic E-state index is 12.5. The van der Waals surface area contributed by atoms with Gasteiger partial charge in [-0.3, -0.25) is 4.79 Å². The van der Waals surface area contributed by atoms with Crippen molar-refractivity contribution in [1.82, 2.24) is 14.2 Å². The van der Waals surface area contributed by atoms with Crippen LogP contribution in [0.15, 0.2) is 53.6 Å². The Balaban J connectivity index is 1.61. The number of hydrogen-bond acceptors (Lipinski definition) is 3. The van der Waals surface area contributed by atoms with Gasteiger partial charge in [-0.25, -0.2) is 8.42 Å². The first-order valence-corrected chi connectivity index (χ1v) is 8.96. The van der Waals surface area contributed by atoms with E-state index in [1.165, 1.54) is 4.31 Å². The van der Waals surface area contributed by atoms with E-state index in [0.717, 1.165) is 5.69 Å². The molecule has 0 unspecified atom stereocenters. The van der Waals surface area contributed by atoms with Gasteiger partial charge in [-0.2, -0.15) is 4.31 Å². The third-order valence-electron chi connectivity index (χ3n) is 3.98. The van der Waals surface area contributed by atoms with Gasteiger partial charge in [0.2, 0.25) is 15.9 Å². The highest BCUT2D eigenvalue weighted by Gasteiger charge is 2.29. The standard InChI is InChI=1S/C16H19N3O3S/c20-16(13-14-5-4-8-17-14)18-9-11-19(12-10-18)23(21,22)15-6-2-1-3-7-15/h1-8,17H,9-13H2. The van der Waals surface area contributed by atoms with Crippen molar-refractivity contribution in [2.24, 2.45) is 0 Å². The number of aromatic amines is 1. The van der Waals surface area contributed by atoms with Crippen LogP contribution in [0, 0.1) is 0 Å². The number of piperazine rings is 1. The van der Waals surface area contributed by atoms with Crippen LogP contribution < -0.4 is 0 Å². The van der Waals surface area contributed by atoms with E-state index >= 15 is 0 Å². The zero-order valence-electron chi connectivity index (χ0n) is 12.7. The molecule has 0 aliphatic carbocycles. The Hall–Kier alpha value is -2.12. The fourth-order valence-corrected chi connectivity index (χ4v) is 4.11. The summed E-state index contributed by atoms with van der Waals surface area (Å²) in [5, 5.41) is 0. The van der Waals surface area contributed by atoms with Crippen LogP contribution in [-0.2, 0) is 21.2 Å². The molecule has 0 saturated carbocycles. The Labute approximate surface area is 135 Å². The summed E-state index contributed by atoms with van der Waals surface area (Å²) in [7, 11) is -3.47. The zero-order valence-corrected chi connectivity index (χ0v) is 13.5. The largest absolute Gasteiger partial charge is 0.365 e. The van der Waals surface area contributed by atoms with E-state index < -0.39 is 10.0 Å². The van der Waals surface area contributed by atoms with Crippen molar-refractivity contribution in [3.05, 3.63) is 54.4 Å². The summed E-state index contributed by atoms with van der Waals surface area (Å²) < 4.78 is 26.5. The third-order valence-corrected chi connectivity index (χ3v) is 5.89. The molecule has 0 bridgehead atoms. The molecular formula is C16H19N3O3S. The van der Waals surface area contributed by atoms with E-state index in [0.29, 0.717) is 37.5 Å². The first-order chi connectivity index (χ1) is 11.1. The molecule has 0 spiro atoms. The Kier molecular flexibility index (Phi) is 4.49. The van der Waals surface area contributed by atoms with Gasteiger partial charge in [0, 0.05) is 38.1 Å². The summed E-state index contributed by atoms with van der Waals surface area (Å²) in [6.07, 6.45) is 2.10. The second-order valence-corrected chi connectivity index (χ2v) is 7.41. The van der Waals surface area contributed by atoms with Gasteiger partial charge in [0.15, 0.2) is 0 Å². The topological polar surface area (TPSA) is 73.5 Å². The van der Waals surface area contributed by atoms with Gasteiger partial charge < -0.3 is 9.88 Å². The Morgan fingerprint density at radius 1 is 1.00 bits per heavy atom. The molecule has 2 aromatic rings. The number of H-pyrrole nitrogens is 1. The van der Waals surface area contributed by atoms with Crippen LogP contribution in [0.1, 0.15) is 5.69 Å². The van der Waals surface area contributed by atoms with Crippen molar-refractivity contribution in [2.45, 2.75) is 11.3 Å². The fourth-order valence-electron chi connectivity index (χ4n) is 2.67. The molecule has 0 atom stereocenters. The number of hydrogen-bond donors (Lipinski definition) is 1. The SMILES string of the molecule is O=C(Cc1ccc[nH]1)N1CCN(S(=O)(=O)c2ccccc2)CC1.